The number of nitrogens with zero attached hydrogens (tertiary/aromatic N) is 4. The molecule has 0 aromatic rings. The van der Waals surface area contributed by atoms with Crippen LogP contribution in [0.4, 0.5) is 9.59 Å². The van der Waals surface area contributed by atoms with Crippen molar-refractivity contribution in [1.29, 1.82) is 0 Å². The van der Waals surface area contributed by atoms with E-state index in [0.29, 0.717) is 37.5 Å². The number of carbonyl (C=O) groups is 4. The Morgan fingerprint density at radius 3 is 2.51 bits per heavy atom. The normalized spacial score (nSPS) is 27.8. The zero-order chi connectivity index (χ0) is 31.3. The van der Waals surface area contributed by atoms with Gasteiger partial charge in [0.05, 0.1) is 18.1 Å². The minimum Gasteiger partial charge on any atom is -0.457 e. The number of aliphatic hydroxyl groups is 1. The van der Waals surface area contributed by atoms with Gasteiger partial charge in [-0.25, -0.2) is 14.4 Å². The Kier molecular flexibility index (Phi) is 10.7. The number of hydrogen-bond acceptors (Lipinski definition) is 11. The number of fused-ring (bicyclic) bond motifs is 1. The van der Waals surface area contributed by atoms with Crippen LogP contribution in [0.25, 0.3) is 0 Å². The summed E-state index contributed by atoms with van der Waals surface area (Å²) >= 11 is 1.38. The lowest BCUT2D eigenvalue weighted by Gasteiger charge is -2.46. The largest absolute Gasteiger partial charge is 0.457 e. The number of carbonyl (C=O) groups excluding carboxylic acids is 4. The van der Waals surface area contributed by atoms with Gasteiger partial charge in [0.25, 0.3) is 0 Å². The van der Waals surface area contributed by atoms with Gasteiger partial charge in [0, 0.05) is 61.3 Å². The fourth-order valence-corrected chi connectivity index (χ4v) is 7.61. The van der Waals surface area contributed by atoms with Gasteiger partial charge in [0.2, 0.25) is 5.91 Å². The second-order valence-corrected chi connectivity index (χ2v) is 12.3. The smallest absolute Gasteiger partial charge is 0.410 e. The summed E-state index contributed by atoms with van der Waals surface area (Å²) in [5.74, 6) is -1.88. The summed E-state index contributed by atoms with van der Waals surface area (Å²) in [6, 6.07) is -1.28. The van der Waals surface area contributed by atoms with Gasteiger partial charge in [-0.3, -0.25) is 10.1 Å². The van der Waals surface area contributed by atoms with E-state index in [0.717, 1.165) is 0 Å². The number of amides is 4. The van der Waals surface area contributed by atoms with E-state index in [4.69, 9.17) is 9.47 Å². The number of nitrogens with one attached hydrogen (secondary N) is 2. The maximum atomic E-state index is 13.1. The van der Waals surface area contributed by atoms with Crippen molar-refractivity contribution in [3.63, 3.8) is 0 Å². The molecule has 0 aromatic heterocycles. The van der Waals surface area contributed by atoms with Crippen molar-refractivity contribution in [3.8, 4) is 0 Å². The highest BCUT2D eigenvalue weighted by atomic mass is 32.2. The molecule has 4 heterocycles. The maximum Gasteiger partial charge on any atom is 0.410 e. The van der Waals surface area contributed by atoms with Gasteiger partial charge in [-0.05, 0) is 13.3 Å². The summed E-state index contributed by atoms with van der Waals surface area (Å²) in [6.45, 7) is 13.2. The third-order valence-corrected chi connectivity index (χ3v) is 9.56. The molecule has 4 amide bonds. The van der Waals surface area contributed by atoms with E-state index in [-0.39, 0.29) is 60.8 Å². The Labute approximate surface area is 254 Å². The molecule has 14 nitrogen and oxygen atoms in total. The van der Waals surface area contributed by atoms with Crippen molar-refractivity contribution in [2.75, 3.05) is 45.9 Å². The predicted molar refractivity (Wildman–Crippen MR) is 158 cm³/mol. The van der Waals surface area contributed by atoms with Gasteiger partial charge in [-0.15, -0.1) is 11.8 Å². The third-order valence-electron chi connectivity index (χ3n) is 8.07. The molecule has 4 rings (SSSR count). The summed E-state index contributed by atoms with van der Waals surface area (Å²) in [4.78, 5) is 57.1. The van der Waals surface area contributed by atoms with Crippen LogP contribution in [0.15, 0.2) is 41.1 Å². The molecule has 236 valence electrons. The van der Waals surface area contributed by atoms with E-state index in [1.807, 2.05) is 6.92 Å². The number of oxime groups is 1. The Balaban J connectivity index is 1.54. The van der Waals surface area contributed by atoms with Crippen molar-refractivity contribution in [1.82, 2.24) is 25.3 Å². The summed E-state index contributed by atoms with van der Waals surface area (Å²) in [7, 11) is 0. The number of likely N-dealkylation sites (tertiary alicyclic amines) is 1. The summed E-state index contributed by atoms with van der Waals surface area (Å²) < 4.78 is 10.6. The SMILES string of the molecule is C=CCOC(=O)C1=C(S[C@H]2C[C@@H](C/C(=N/O)NC(=O)N3CCNCC3)N(C(=O)OCC=C)C2)[C@H](C)[C@@H]2[C@H]([C@@H](C)O)C(=O)N12. The minimum absolute atomic E-state index is 0.00149. The first-order valence-corrected chi connectivity index (χ1v) is 15.2. The average molecular weight is 621 g/mol. The number of urea groups is 1. The highest BCUT2D eigenvalue weighted by Crippen LogP contribution is 2.52. The third kappa shape index (κ3) is 6.83. The zero-order valence-electron chi connectivity index (χ0n) is 24.4. The first kappa shape index (κ1) is 32.4. The topological polar surface area (TPSA) is 173 Å². The number of hydrogen-bond donors (Lipinski definition) is 4. The second kappa shape index (κ2) is 14.3. The molecule has 0 saturated carbocycles. The van der Waals surface area contributed by atoms with Crippen LogP contribution in [0, 0.1) is 11.8 Å². The van der Waals surface area contributed by atoms with Gasteiger partial charge in [-0.1, -0.05) is 37.4 Å². The number of thioether (sulfide) groups is 1. The van der Waals surface area contributed by atoms with Crippen molar-refractivity contribution < 1.29 is 39.0 Å². The number of ether oxygens (including phenoxy) is 2. The van der Waals surface area contributed by atoms with Gasteiger partial charge in [0.15, 0.2) is 5.84 Å². The van der Waals surface area contributed by atoms with Crippen molar-refractivity contribution >= 4 is 41.6 Å². The van der Waals surface area contributed by atoms with Crippen LogP contribution in [0.2, 0.25) is 0 Å². The molecular weight excluding hydrogens is 580 g/mol. The molecule has 0 aromatic carbocycles. The van der Waals surface area contributed by atoms with E-state index >= 15 is 0 Å². The Hall–Kier alpha value is -3.56. The Bertz CT molecular complexity index is 1190. The van der Waals surface area contributed by atoms with Gasteiger partial charge in [0.1, 0.15) is 18.9 Å². The minimum atomic E-state index is -0.885. The molecule has 3 fully saturated rings. The molecule has 4 aliphatic rings. The van der Waals surface area contributed by atoms with Crippen LogP contribution in [0.3, 0.4) is 0 Å². The van der Waals surface area contributed by atoms with Crippen molar-refractivity contribution in [2.45, 2.75) is 50.1 Å². The fourth-order valence-electron chi connectivity index (χ4n) is 6.05. The van der Waals surface area contributed by atoms with Crippen LogP contribution in [-0.2, 0) is 19.1 Å². The predicted octanol–water partition coefficient (Wildman–Crippen LogP) is 1.08. The van der Waals surface area contributed by atoms with E-state index in [1.54, 1.807) is 11.8 Å². The van der Waals surface area contributed by atoms with Crippen LogP contribution < -0.4 is 10.6 Å². The molecule has 0 unspecified atom stereocenters. The van der Waals surface area contributed by atoms with E-state index in [2.05, 4.69) is 28.9 Å². The molecule has 4 aliphatic heterocycles. The number of esters is 1. The first-order chi connectivity index (χ1) is 20.6. The number of amidine groups is 1. The quantitative estimate of drug-likeness (QED) is 0.0526. The molecule has 0 spiro atoms. The monoisotopic (exact) mass is 620 g/mol. The Morgan fingerprint density at radius 2 is 1.88 bits per heavy atom. The lowest BCUT2D eigenvalue weighted by molar-refractivity contribution is -0.164. The highest BCUT2D eigenvalue weighted by Gasteiger charge is 2.60. The van der Waals surface area contributed by atoms with E-state index in [9.17, 15) is 29.5 Å². The number of rotatable bonds is 10. The van der Waals surface area contributed by atoms with E-state index in [1.165, 1.54) is 33.7 Å². The number of β-lactam (4-membered cyclic amide) rings is 1. The number of aliphatic hydroxyl groups excluding tert-OH is 1. The lowest BCUT2D eigenvalue weighted by Crippen LogP contribution is -2.63. The molecule has 0 radical (unpaired) electrons. The summed E-state index contributed by atoms with van der Waals surface area (Å²) in [6.07, 6.45) is 1.88. The molecule has 4 N–H and O–H groups in total. The van der Waals surface area contributed by atoms with Crippen LogP contribution >= 0.6 is 11.8 Å². The first-order valence-electron chi connectivity index (χ1n) is 14.3. The second-order valence-electron chi connectivity index (χ2n) is 10.9. The Morgan fingerprint density at radius 1 is 1.21 bits per heavy atom. The molecule has 15 heteroatoms. The zero-order valence-corrected chi connectivity index (χ0v) is 25.3. The van der Waals surface area contributed by atoms with Crippen LogP contribution in [0.1, 0.15) is 26.7 Å². The maximum absolute atomic E-state index is 13.1. The molecular formula is C28H40N6O8S. The summed E-state index contributed by atoms with van der Waals surface area (Å²) in [5.41, 5.74) is 0.149. The number of piperazine rings is 1. The molecule has 3 saturated heterocycles. The standard InChI is InChI=1S/C28H40N6O8S/c1-5-11-41-26(37)23-24(16(3)22-21(17(4)35)25(36)34(22)23)43-19-13-18(33(15-19)28(39)42-12-6-2)14-20(31-40)30-27(38)32-9-7-29-8-10-32/h5-6,16-19,21-22,29,35,40H,1-2,7-15H2,3-4H3,(H,30,31,38)/t16-,17-,18+,19+,21+,22-/m1/s1. The molecule has 0 bridgehead atoms. The molecule has 6 atom stereocenters. The van der Waals surface area contributed by atoms with Gasteiger partial charge in [-0.2, -0.15) is 0 Å². The molecule has 43 heavy (non-hydrogen) atoms. The van der Waals surface area contributed by atoms with Crippen molar-refractivity contribution in [2.24, 2.45) is 17.0 Å². The summed E-state index contributed by atoms with van der Waals surface area (Å²) in [5, 5.41) is 28.9. The highest BCUT2D eigenvalue weighted by molar-refractivity contribution is 8.03. The van der Waals surface area contributed by atoms with Crippen molar-refractivity contribution in [3.05, 3.63) is 35.9 Å². The molecule has 0 aliphatic carbocycles. The fraction of sp³-hybridized carbons (Fsp3) is 0.607. The van der Waals surface area contributed by atoms with Crippen LogP contribution in [0.5, 0.6) is 0 Å². The van der Waals surface area contributed by atoms with Gasteiger partial charge < -0.3 is 39.8 Å². The lowest BCUT2D eigenvalue weighted by atomic mass is 9.79. The average Bonchev–Trinajstić information content (AvgIpc) is 3.50. The van der Waals surface area contributed by atoms with Gasteiger partial charge >= 0.3 is 18.1 Å². The van der Waals surface area contributed by atoms with Crippen LogP contribution in [-0.4, -0.2) is 124 Å². The van der Waals surface area contributed by atoms with E-state index < -0.39 is 36.2 Å².